The summed E-state index contributed by atoms with van der Waals surface area (Å²) in [6, 6.07) is 10.1. The standard InChI is InChI=1S/C16H22N2O2/c1-11(2)14-16(20-4)17-13(15(18-14)19-3)10-12-8-6-5-7-9-12/h5-9,11,13-14H,10H2,1-4H3/t13-,14+/m0/s1. The number of aliphatic imine (C=N–C) groups is 2. The maximum Gasteiger partial charge on any atom is 0.209 e. The lowest BCUT2D eigenvalue weighted by atomic mass is 10.0. The summed E-state index contributed by atoms with van der Waals surface area (Å²) in [6.07, 6.45) is 0.769. The molecule has 1 aliphatic rings. The molecule has 2 atom stereocenters. The molecule has 1 aliphatic heterocycles. The third kappa shape index (κ3) is 3.18. The van der Waals surface area contributed by atoms with Crippen molar-refractivity contribution >= 4 is 11.8 Å². The first-order chi connectivity index (χ1) is 9.65. The van der Waals surface area contributed by atoms with Gasteiger partial charge in [-0.3, -0.25) is 0 Å². The molecule has 0 bridgehead atoms. The molecule has 0 fully saturated rings. The van der Waals surface area contributed by atoms with Crippen LogP contribution < -0.4 is 0 Å². The van der Waals surface area contributed by atoms with Crippen LogP contribution in [-0.2, 0) is 15.9 Å². The van der Waals surface area contributed by atoms with E-state index in [0.29, 0.717) is 17.7 Å². The summed E-state index contributed by atoms with van der Waals surface area (Å²) in [5.74, 6) is 1.71. The van der Waals surface area contributed by atoms with Crippen molar-refractivity contribution in [3.8, 4) is 0 Å². The van der Waals surface area contributed by atoms with Crippen LogP contribution in [0.3, 0.4) is 0 Å². The van der Waals surface area contributed by atoms with E-state index in [9.17, 15) is 0 Å². The summed E-state index contributed by atoms with van der Waals surface area (Å²) in [4.78, 5) is 9.36. The molecule has 0 aromatic heterocycles. The van der Waals surface area contributed by atoms with Gasteiger partial charge in [0, 0.05) is 6.42 Å². The van der Waals surface area contributed by atoms with Crippen molar-refractivity contribution in [1.29, 1.82) is 0 Å². The van der Waals surface area contributed by atoms with Gasteiger partial charge in [-0.1, -0.05) is 44.2 Å². The molecule has 0 N–H and O–H groups in total. The van der Waals surface area contributed by atoms with Gasteiger partial charge >= 0.3 is 0 Å². The number of benzene rings is 1. The maximum absolute atomic E-state index is 5.44. The van der Waals surface area contributed by atoms with Gasteiger partial charge in [0.25, 0.3) is 0 Å². The molecule has 4 heteroatoms. The van der Waals surface area contributed by atoms with Gasteiger partial charge < -0.3 is 9.47 Å². The van der Waals surface area contributed by atoms with Gasteiger partial charge in [0.1, 0.15) is 12.1 Å². The molecule has 1 heterocycles. The molecule has 20 heavy (non-hydrogen) atoms. The van der Waals surface area contributed by atoms with E-state index in [2.05, 4.69) is 36.0 Å². The molecule has 0 aliphatic carbocycles. The molecule has 0 saturated heterocycles. The highest BCUT2D eigenvalue weighted by Crippen LogP contribution is 2.19. The van der Waals surface area contributed by atoms with Crippen LogP contribution in [0.5, 0.6) is 0 Å². The zero-order valence-electron chi connectivity index (χ0n) is 12.5. The summed E-state index contributed by atoms with van der Waals surface area (Å²) in [6.45, 7) is 4.21. The Morgan fingerprint density at radius 2 is 1.65 bits per heavy atom. The van der Waals surface area contributed by atoms with E-state index in [-0.39, 0.29) is 12.1 Å². The SMILES string of the molecule is COC1=N[C@H](C(C)C)C(OC)=N[C@H]1Cc1ccccc1. The third-order valence-corrected chi connectivity index (χ3v) is 3.41. The lowest BCUT2D eigenvalue weighted by Gasteiger charge is -2.27. The molecule has 0 radical (unpaired) electrons. The lowest BCUT2D eigenvalue weighted by molar-refractivity contribution is 0.332. The van der Waals surface area contributed by atoms with E-state index in [1.807, 2.05) is 18.2 Å². The number of nitrogens with zero attached hydrogens (tertiary/aromatic N) is 2. The van der Waals surface area contributed by atoms with Crippen LogP contribution in [0, 0.1) is 5.92 Å². The predicted octanol–water partition coefficient (Wildman–Crippen LogP) is 2.73. The van der Waals surface area contributed by atoms with Crippen molar-refractivity contribution < 1.29 is 9.47 Å². The normalized spacial score (nSPS) is 22.2. The van der Waals surface area contributed by atoms with Crippen molar-refractivity contribution in [2.75, 3.05) is 14.2 Å². The first kappa shape index (κ1) is 14.6. The quantitative estimate of drug-likeness (QED) is 0.850. The first-order valence-electron chi connectivity index (χ1n) is 6.93. The molecule has 1 aromatic carbocycles. The Labute approximate surface area is 120 Å². The zero-order chi connectivity index (χ0) is 14.5. The average Bonchev–Trinajstić information content (AvgIpc) is 2.47. The van der Waals surface area contributed by atoms with Crippen LogP contribution in [0.15, 0.2) is 40.3 Å². The molecule has 0 saturated carbocycles. The fourth-order valence-electron chi connectivity index (χ4n) is 2.33. The van der Waals surface area contributed by atoms with Gasteiger partial charge in [0.15, 0.2) is 0 Å². The maximum atomic E-state index is 5.44. The Kier molecular flexibility index (Phi) is 4.77. The molecule has 0 spiro atoms. The number of hydrogen-bond acceptors (Lipinski definition) is 4. The third-order valence-electron chi connectivity index (χ3n) is 3.41. The van der Waals surface area contributed by atoms with Crippen molar-refractivity contribution in [3.05, 3.63) is 35.9 Å². The van der Waals surface area contributed by atoms with Gasteiger partial charge in [-0.15, -0.1) is 0 Å². The van der Waals surface area contributed by atoms with Crippen LogP contribution >= 0.6 is 0 Å². The highest BCUT2D eigenvalue weighted by Gasteiger charge is 2.30. The van der Waals surface area contributed by atoms with E-state index in [1.165, 1.54) is 5.56 Å². The predicted molar refractivity (Wildman–Crippen MR) is 81.4 cm³/mol. The van der Waals surface area contributed by atoms with Crippen LogP contribution in [0.4, 0.5) is 0 Å². The Balaban J connectivity index is 2.23. The van der Waals surface area contributed by atoms with E-state index in [0.717, 1.165) is 6.42 Å². The number of methoxy groups -OCH3 is 2. The lowest BCUT2D eigenvalue weighted by Crippen LogP contribution is -2.38. The smallest absolute Gasteiger partial charge is 0.209 e. The van der Waals surface area contributed by atoms with Gasteiger partial charge in [-0.2, -0.15) is 0 Å². The van der Waals surface area contributed by atoms with Crippen molar-refractivity contribution in [3.63, 3.8) is 0 Å². The Morgan fingerprint density at radius 1 is 1.00 bits per heavy atom. The Bertz CT molecular complexity index is 494. The van der Waals surface area contributed by atoms with Gasteiger partial charge in [-0.25, -0.2) is 9.98 Å². The number of rotatable bonds is 3. The van der Waals surface area contributed by atoms with Crippen LogP contribution in [-0.4, -0.2) is 38.1 Å². The Morgan fingerprint density at radius 3 is 2.20 bits per heavy atom. The average molecular weight is 274 g/mol. The number of ether oxygens (including phenoxy) is 2. The molecule has 0 unspecified atom stereocenters. The highest BCUT2D eigenvalue weighted by atomic mass is 16.5. The molecule has 108 valence electrons. The summed E-state index contributed by atoms with van der Waals surface area (Å²) in [5, 5.41) is 0. The minimum absolute atomic E-state index is 0.0537. The summed E-state index contributed by atoms with van der Waals surface area (Å²) < 4.78 is 10.8. The highest BCUT2D eigenvalue weighted by molar-refractivity contribution is 5.94. The van der Waals surface area contributed by atoms with Crippen molar-refractivity contribution in [1.82, 2.24) is 0 Å². The second-order valence-electron chi connectivity index (χ2n) is 5.24. The molecule has 1 aromatic rings. The van der Waals surface area contributed by atoms with Gasteiger partial charge in [0.2, 0.25) is 11.8 Å². The minimum Gasteiger partial charge on any atom is -0.483 e. The fourth-order valence-corrected chi connectivity index (χ4v) is 2.33. The van der Waals surface area contributed by atoms with Crippen molar-refractivity contribution in [2.45, 2.75) is 32.4 Å². The summed E-state index contributed by atoms with van der Waals surface area (Å²) >= 11 is 0. The van der Waals surface area contributed by atoms with Gasteiger partial charge in [0.05, 0.1) is 14.2 Å². The molecule has 4 nitrogen and oxygen atoms in total. The van der Waals surface area contributed by atoms with E-state index >= 15 is 0 Å². The second-order valence-corrected chi connectivity index (χ2v) is 5.24. The second kappa shape index (κ2) is 6.55. The van der Waals surface area contributed by atoms with Crippen LogP contribution in [0.1, 0.15) is 19.4 Å². The minimum atomic E-state index is -0.104. The van der Waals surface area contributed by atoms with E-state index in [1.54, 1.807) is 14.2 Å². The topological polar surface area (TPSA) is 43.2 Å². The van der Waals surface area contributed by atoms with E-state index in [4.69, 9.17) is 9.47 Å². The number of hydrogen-bond donors (Lipinski definition) is 0. The summed E-state index contributed by atoms with van der Waals surface area (Å²) in [5.41, 5.74) is 1.21. The largest absolute Gasteiger partial charge is 0.483 e. The van der Waals surface area contributed by atoms with E-state index < -0.39 is 0 Å². The van der Waals surface area contributed by atoms with Gasteiger partial charge in [-0.05, 0) is 11.5 Å². The molecule has 0 amide bonds. The first-order valence-corrected chi connectivity index (χ1v) is 6.93. The molecular weight excluding hydrogens is 252 g/mol. The zero-order valence-corrected chi connectivity index (χ0v) is 12.5. The molecular formula is C16H22N2O2. The Hall–Kier alpha value is -1.84. The molecule has 2 rings (SSSR count). The monoisotopic (exact) mass is 274 g/mol. The van der Waals surface area contributed by atoms with Crippen LogP contribution in [0.25, 0.3) is 0 Å². The fraction of sp³-hybridized carbons (Fsp3) is 0.500. The summed E-state index contributed by atoms with van der Waals surface area (Å²) in [7, 11) is 3.31. The van der Waals surface area contributed by atoms with Crippen molar-refractivity contribution in [2.24, 2.45) is 15.9 Å². The van der Waals surface area contributed by atoms with Crippen LogP contribution in [0.2, 0.25) is 0 Å².